The number of amides is 1. The number of anilines is 1. The number of methoxy groups -OCH3 is 1. The van der Waals surface area contributed by atoms with Crippen LogP contribution in [0.5, 0.6) is 5.75 Å². The van der Waals surface area contributed by atoms with Crippen LogP contribution in [0.2, 0.25) is 5.02 Å². The molecule has 0 atom stereocenters. The van der Waals surface area contributed by atoms with E-state index in [1.165, 1.54) is 11.8 Å². The molecule has 0 spiro atoms. The van der Waals surface area contributed by atoms with E-state index in [0.717, 1.165) is 38.1 Å². The third-order valence-corrected chi connectivity index (χ3v) is 4.98. The van der Waals surface area contributed by atoms with E-state index in [0.29, 0.717) is 23.3 Å². The molecule has 1 aliphatic heterocycles. The zero-order valence-electron chi connectivity index (χ0n) is 15.0. The van der Waals surface area contributed by atoms with Gasteiger partial charge in [-0.2, -0.15) is 0 Å². The van der Waals surface area contributed by atoms with Crippen molar-refractivity contribution >= 4 is 23.3 Å². The van der Waals surface area contributed by atoms with Crippen LogP contribution >= 0.6 is 11.6 Å². The normalized spacial score (nSPS) is 15.6. The molecule has 1 fully saturated rings. The summed E-state index contributed by atoms with van der Waals surface area (Å²) in [6, 6.07) is 11.7. The minimum absolute atomic E-state index is 0.0339. The van der Waals surface area contributed by atoms with E-state index < -0.39 is 0 Å². The molecule has 138 valence electrons. The first-order chi connectivity index (χ1) is 12.6. The highest BCUT2D eigenvalue weighted by Gasteiger charge is 2.21. The van der Waals surface area contributed by atoms with Gasteiger partial charge < -0.3 is 10.1 Å². The third-order valence-electron chi connectivity index (χ3n) is 4.75. The minimum Gasteiger partial charge on any atom is -0.497 e. The number of aromatic nitrogens is 1. The maximum absolute atomic E-state index is 12.2. The summed E-state index contributed by atoms with van der Waals surface area (Å²) < 4.78 is 5.20. The summed E-state index contributed by atoms with van der Waals surface area (Å²) >= 11 is 5.80. The Labute approximate surface area is 159 Å². The van der Waals surface area contributed by atoms with Crippen LogP contribution in [0.15, 0.2) is 42.6 Å². The van der Waals surface area contributed by atoms with Crippen LogP contribution in [0.25, 0.3) is 0 Å². The lowest BCUT2D eigenvalue weighted by atomic mass is 9.90. The van der Waals surface area contributed by atoms with Gasteiger partial charge in [-0.3, -0.25) is 9.69 Å². The van der Waals surface area contributed by atoms with Crippen molar-refractivity contribution in [3.63, 3.8) is 0 Å². The van der Waals surface area contributed by atoms with Crippen LogP contribution in [0.3, 0.4) is 0 Å². The number of hydrogen-bond acceptors (Lipinski definition) is 4. The summed E-state index contributed by atoms with van der Waals surface area (Å²) in [7, 11) is 1.68. The second-order valence-electron chi connectivity index (χ2n) is 6.68. The molecule has 0 saturated carbocycles. The van der Waals surface area contributed by atoms with E-state index in [9.17, 15) is 4.79 Å². The van der Waals surface area contributed by atoms with Gasteiger partial charge in [-0.05, 0) is 68.1 Å². The Morgan fingerprint density at radius 1 is 1.23 bits per heavy atom. The summed E-state index contributed by atoms with van der Waals surface area (Å²) in [6.07, 6.45) is 4.83. The monoisotopic (exact) mass is 373 g/mol. The molecule has 2 aromatic rings. The van der Waals surface area contributed by atoms with Crippen molar-refractivity contribution in [2.45, 2.75) is 19.3 Å². The maximum atomic E-state index is 12.2. The number of benzene rings is 1. The highest BCUT2D eigenvalue weighted by atomic mass is 35.5. The number of nitrogens with zero attached hydrogens (tertiary/aromatic N) is 2. The van der Waals surface area contributed by atoms with Crippen molar-refractivity contribution in [2.75, 3.05) is 32.1 Å². The third kappa shape index (κ3) is 5.44. The van der Waals surface area contributed by atoms with Crippen molar-refractivity contribution in [3.8, 4) is 5.75 Å². The van der Waals surface area contributed by atoms with Gasteiger partial charge in [-0.15, -0.1) is 0 Å². The second kappa shape index (κ2) is 9.01. The largest absolute Gasteiger partial charge is 0.497 e. The van der Waals surface area contributed by atoms with Gasteiger partial charge in [0.2, 0.25) is 5.91 Å². The Balaban J connectivity index is 1.41. The Morgan fingerprint density at radius 2 is 1.96 bits per heavy atom. The van der Waals surface area contributed by atoms with Crippen molar-refractivity contribution in [2.24, 2.45) is 5.92 Å². The molecule has 1 aromatic carbocycles. The molecule has 1 aliphatic rings. The van der Waals surface area contributed by atoms with Crippen LogP contribution in [0, 0.1) is 5.92 Å². The molecule has 0 aliphatic carbocycles. The average molecular weight is 374 g/mol. The molecule has 1 aromatic heterocycles. The predicted octanol–water partition coefficient (Wildman–Crippen LogP) is 3.64. The van der Waals surface area contributed by atoms with Gasteiger partial charge in [0.05, 0.1) is 18.7 Å². The summed E-state index contributed by atoms with van der Waals surface area (Å²) in [5.41, 5.74) is 1.34. The van der Waals surface area contributed by atoms with E-state index >= 15 is 0 Å². The van der Waals surface area contributed by atoms with Crippen LogP contribution in [-0.4, -0.2) is 42.5 Å². The molecule has 3 rings (SSSR count). The summed E-state index contributed by atoms with van der Waals surface area (Å²) in [5, 5.41) is 3.37. The number of pyridine rings is 1. The highest BCUT2D eigenvalue weighted by molar-refractivity contribution is 6.30. The van der Waals surface area contributed by atoms with E-state index in [4.69, 9.17) is 16.3 Å². The maximum Gasteiger partial charge on any atom is 0.239 e. The average Bonchev–Trinajstić information content (AvgIpc) is 2.66. The van der Waals surface area contributed by atoms with Crippen LogP contribution < -0.4 is 10.1 Å². The number of rotatable bonds is 6. The quantitative estimate of drug-likeness (QED) is 0.840. The molecule has 1 N–H and O–H groups in total. The lowest BCUT2D eigenvalue weighted by molar-refractivity contribution is -0.117. The van der Waals surface area contributed by atoms with Gasteiger partial charge in [-0.25, -0.2) is 4.98 Å². The van der Waals surface area contributed by atoms with Gasteiger partial charge in [0, 0.05) is 6.20 Å². The highest BCUT2D eigenvalue weighted by Crippen LogP contribution is 2.23. The van der Waals surface area contributed by atoms with Gasteiger partial charge in [0.1, 0.15) is 11.6 Å². The molecule has 5 nitrogen and oxygen atoms in total. The molecule has 2 heterocycles. The summed E-state index contributed by atoms with van der Waals surface area (Å²) in [5.74, 6) is 2.06. The summed E-state index contributed by atoms with van der Waals surface area (Å²) in [6.45, 7) is 2.30. The smallest absolute Gasteiger partial charge is 0.239 e. The number of nitrogens with one attached hydrogen (secondary N) is 1. The number of carbonyl (C=O) groups is 1. The van der Waals surface area contributed by atoms with E-state index in [1.807, 2.05) is 12.1 Å². The standard InChI is InChI=1S/C20H24ClN3O2/c1-26-18-5-2-15(3-6-18)12-16-8-10-24(11-9-16)14-20(25)23-19-7-4-17(21)13-22-19/h2-7,13,16H,8-12,14H2,1H3,(H,22,23,25). The molecule has 0 radical (unpaired) electrons. The van der Waals surface area contributed by atoms with E-state index in [1.54, 1.807) is 19.2 Å². The molecule has 26 heavy (non-hydrogen) atoms. The first-order valence-electron chi connectivity index (χ1n) is 8.89. The van der Waals surface area contributed by atoms with Crippen LogP contribution in [0.4, 0.5) is 5.82 Å². The number of piperidine rings is 1. The van der Waals surface area contributed by atoms with Crippen molar-refractivity contribution in [1.82, 2.24) is 9.88 Å². The van der Waals surface area contributed by atoms with Crippen LogP contribution in [-0.2, 0) is 11.2 Å². The van der Waals surface area contributed by atoms with Gasteiger partial charge in [0.15, 0.2) is 0 Å². The topological polar surface area (TPSA) is 54.5 Å². The van der Waals surface area contributed by atoms with Crippen molar-refractivity contribution in [3.05, 3.63) is 53.2 Å². The predicted molar refractivity (Wildman–Crippen MR) is 104 cm³/mol. The lowest BCUT2D eigenvalue weighted by Gasteiger charge is -2.31. The fraction of sp³-hybridized carbons (Fsp3) is 0.400. The Morgan fingerprint density at radius 3 is 2.58 bits per heavy atom. The first-order valence-corrected chi connectivity index (χ1v) is 9.27. The molecule has 0 bridgehead atoms. The second-order valence-corrected chi connectivity index (χ2v) is 7.12. The number of halogens is 1. The number of carbonyl (C=O) groups excluding carboxylic acids is 1. The Hall–Kier alpha value is -2.11. The number of likely N-dealkylation sites (tertiary alicyclic amines) is 1. The van der Waals surface area contributed by atoms with E-state index in [-0.39, 0.29) is 5.91 Å². The van der Waals surface area contributed by atoms with Crippen LogP contribution in [0.1, 0.15) is 18.4 Å². The molecule has 0 unspecified atom stereocenters. The molecular formula is C20H24ClN3O2. The minimum atomic E-state index is -0.0339. The molecule has 6 heteroatoms. The molecule has 1 amide bonds. The van der Waals surface area contributed by atoms with Crippen molar-refractivity contribution < 1.29 is 9.53 Å². The lowest BCUT2D eigenvalue weighted by Crippen LogP contribution is -2.39. The van der Waals surface area contributed by atoms with Gasteiger partial charge in [0.25, 0.3) is 0 Å². The number of hydrogen-bond donors (Lipinski definition) is 1. The first kappa shape index (κ1) is 18.7. The Bertz CT molecular complexity index is 711. The zero-order valence-corrected chi connectivity index (χ0v) is 15.7. The Kier molecular flexibility index (Phi) is 6.47. The van der Waals surface area contributed by atoms with Gasteiger partial charge >= 0.3 is 0 Å². The van der Waals surface area contributed by atoms with Gasteiger partial charge in [-0.1, -0.05) is 23.7 Å². The SMILES string of the molecule is COc1ccc(CC2CCN(CC(=O)Nc3ccc(Cl)cn3)CC2)cc1. The molecule has 1 saturated heterocycles. The van der Waals surface area contributed by atoms with E-state index in [2.05, 4.69) is 27.3 Å². The van der Waals surface area contributed by atoms with Crippen molar-refractivity contribution in [1.29, 1.82) is 0 Å². The zero-order chi connectivity index (χ0) is 18.4. The fourth-order valence-corrected chi connectivity index (χ4v) is 3.39. The molecular weight excluding hydrogens is 350 g/mol. The fourth-order valence-electron chi connectivity index (χ4n) is 3.28. The summed E-state index contributed by atoms with van der Waals surface area (Å²) in [4.78, 5) is 18.5. The number of ether oxygens (including phenoxy) is 1.